The molecule has 1 aromatic rings. The zero-order valence-corrected chi connectivity index (χ0v) is 10.5. The van der Waals surface area contributed by atoms with Crippen LogP contribution in [-0.2, 0) is 13.6 Å². The molecule has 1 fully saturated rings. The first-order valence-electron chi connectivity index (χ1n) is 5.09. The van der Waals surface area contributed by atoms with Crippen LogP contribution in [-0.4, -0.2) is 43.8 Å². The molecule has 0 spiro atoms. The van der Waals surface area contributed by atoms with Crippen LogP contribution in [0.2, 0.25) is 0 Å². The van der Waals surface area contributed by atoms with E-state index in [4.69, 9.17) is 0 Å². The molecule has 6 heteroatoms. The Kier molecular flexibility index (Phi) is 4.34. The van der Waals surface area contributed by atoms with Crippen molar-refractivity contribution in [3.63, 3.8) is 0 Å². The Morgan fingerprint density at radius 1 is 1.60 bits per heavy atom. The molecule has 0 amide bonds. The maximum absolute atomic E-state index is 4.04. The van der Waals surface area contributed by atoms with Gasteiger partial charge in [0.2, 0.25) is 0 Å². The van der Waals surface area contributed by atoms with Gasteiger partial charge in [-0.2, -0.15) is 23.5 Å². The molecule has 1 aliphatic rings. The highest BCUT2D eigenvalue weighted by Gasteiger charge is 2.13. The Morgan fingerprint density at radius 2 is 2.53 bits per heavy atom. The molecule has 1 unspecified atom stereocenters. The molecule has 2 rings (SSSR count). The van der Waals surface area contributed by atoms with Crippen molar-refractivity contribution in [2.75, 3.05) is 23.8 Å². The summed E-state index contributed by atoms with van der Waals surface area (Å²) in [7, 11) is 1.97. The second-order valence-corrected chi connectivity index (χ2v) is 6.11. The Morgan fingerprint density at radius 3 is 3.20 bits per heavy atom. The third kappa shape index (κ3) is 3.39. The third-order valence-corrected chi connectivity index (χ3v) is 5.19. The molecule has 1 N–H and O–H groups in total. The minimum Gasteiger partial charge on any atom is -0.320 e. The average molecular weight is 244 g/mol. The Bertz CT molecular complexity index is 296. The van der Waals surface area contributed by atoms with E-state index in [-0.39, 0.29) is 0 Å². The van der Waals surface area contributed by atoms with Crippen LogP contribution in [0.5, 0.6) is 0 Å². The van der Waals surface area contributed by atoms with Crippen LogP contribution in [0.15, 0.2) is 6.33 Å². The molecule has 0 radical (unpaired) electrons. The highest BCUT2D eigenvalue weighted by molar-refractivity contribution is 8.06. The van der Waals surface area contributed by atoms with Gasteiger partial charge in [-0.1, -0.05) is 0 Å². The molecule has 0 bridgehead atoms. The second-order valence-electron chi connectivity index (χ2n) is 3.56. The van der Waals surface area contributed by atoms with Crippen molar-refractivity contribution in [2.24, 2.45) is 7.05 Å². The highest BCUT2D eigenvalue weighted by atomic mass is 32.2. The fourth-order valence-corrected chi connectivity index (χ4v) is 4.11. The summed E-state index contributed by atoms with van der Waals surface area (Å²) in [6, 6.07) is 0. The number of aryl methyl sites for hydroxylation is 1. The van der Waals surface area contributed by atoms with Gasteiger partial charge in [-0.05, 0) is 0 Å². The zero-order chi connectivity index (χ0) is 10.5. The summed E-state index contributed by atoms with van der Waals surface area (Å²) in [5, 5.41) is 12.1. The number of hydrogen-bond donors (Lipinski definition) is 1. The van der Waals surface area contributed by atoms with E-state index < -0.39 is 0 Å². The molecule has 15 heavy (non-hydrogen) atoms. The summed E-state index contributed by atoms with van der Waals surface area (Å²) >= 11 is 4.14. The topological polar surface area (TPSA) is 42.7 Å². The molecule has 84 valence electrons. The van der Waals surface area contributed by atoms with E-state index in [9.17, 15) is 0 Å². The van der Waals surface area contributed by atoms with E-state index in [0.29, 0.717) is 0 Å². The fourth-order valence-electron chi connectivity index (χ4n) is 1.47. The van der Waals surface area contributed by atoms with Crippen LogP contribution >= 0.6 is 23.5 Å². The summed E-state index contributed by atoms with van der Waals surface area (Å²) < 4.78 is 1.95. The lowest BCUT2D eigenvalue weighted by Gasteiger charge is -2.20. The zero-order valence-electron chi connectivity index (χ0n) is 8.85. The van der Waals surface area contributed by atoms with Gasteiger partial charge in [0.25, 0.3) is 0 Å². The Balaban J connectivity index is 1.68. The Hall–Kier alpha value is -0.200. The standard InChI is InChI=1S/C9H16N4S2/c1-13-7-11-12-9(13)5-10-4-8-6-14-2-3-15-8/h7-8,10H,2-6H2,1H3. The maximum atomic E-state index is 4.04. The van der Waals surface area contributed by atoms with E-state index in [1.165, 1.54) is 17.3 Å². The number of aromatic nitrogens is 3. The van der Waals surface area contributed by atoms with Gasteiger partial charge in [0.1, 0.15) is 12.2 Å². The number of nitrogens with one attached hydrogen (secondary N) is 1. The summed E-state index contributed by atoms with van der Waals surface area (Å²) in [6.45, 7) is 1.89. The van der Waals surface area contributed by atoms with Crippen molar-refractivity contribution in [3.8, 4) is 0 Å². The molecular weight excluding hydrogens is 228 g/mol. The molecule has 0 aromatic carbocycles. The van der Waals surface area contributed by atoms with Crippen molar-refractivity contribution < 1.29 is 0 Å². The van der Waals surface area contributed by atoms with E-state index in [1.807, 2.05) is 11.6 Å². The quantitative estimate of drug-likeness (QED) is 0.847. The van der Waals surface area contributed by atoms with Crippen LogP contribution < -0.4 is 5.32 Å². The molecule has 1 atom stereocenters. The lowest BCUT2D eigenvalue weighted by atomic mass is 10.4. The first-order chi connectivity index (χ1) is 7.36. The van der Waals surface area contributed by atoms with Gasteiger partial charge < -0.3 is 9.88 Å². The van der Waals surface area contributed by atoms with Crippen molar-refractivity contribution >= 4 is 23.5 Å². The van der Waals surface area contributed by atoms with Gasteiger partial charge in [-0.3, -0.25) is 0 Å². The minimum absolute atomic E-state index is 0.761. The van der Waals surface area contributed by atoms with Crippen LogP contribution in [0.4, 0.5) is 0 Å². The Labute approximate surface area is 98.6 Å². The van der Waals surface area contributed by atoms with Crippen molar-refractivity contribution in [2.45, 2.75) is 11.8 Å². The summed E-state index contributed by atoms with van der Waals surface area (Å²) in [4.78, 5) is 0. The van der Waals surface area contributed by atoms with Crippen LogP contribution in [0.1, 0.15) is 5.82 Å². The van der Waals surface area contributed by atoms with Crippen molar-refractivity contribution in [3.05, 3.63) is 12.2 Å². The molecule has 4 nitrogen and oxygen atoms in total. The van der Waals surface area contributed by atoms with Gasteiger partial charge in [0, 0.05) is 36.1 Å². The van der Waals surface area contributed by atoms with Crippen LogP contribution in [0.25, 0.3) is 0 Å². The van der Waals surface area contributed by atoms with E-state index in [2.05, 4.69) is 39.0 Å². The number of nitrogens with zero attached hydrogens (tertiary/aromatic N) is 3. The van der Waals surface area contributed by atoms with E-state index >= 15 is 0 Å². The van der Waals surface area contributed by atoms with Gasteiger partial charge in [0.15, 0.2) is 0 Å². The first kappa shape index (κ1) is 11.3. The molecule has 0 saturated carbocycles. The lowest BCUT2D eigenvalue weighted by molar-refractivity contribution is 0.636. The van der Waals surface area contributed by atoms with Crippen LogP contribution in [0.3, 0.4) is 0 Å². The summed E-state index contributed by atoms with van der Waals surface area (Å²) in [6.07, 6.45) is 1.74. The van der Waals surface area contributed by atoms with Crippen molar-refractivity contribution in [1.82, 2.24) is 20.1 Å². The minimum atomic E-state index is 0.761. The maximum Gasteiger partial charge on any atom is 0.146 e. The van der Waals surface area contributed by atoms with E-state index in [1.54, 1.807) is 6.33 Å². The number of thioether (sulfide) groups is 2. The fraction of sp³-hybridized carbons (Fsp3) is 0.778. The largest absolute Gasteiger partial charge is 0.320 e. The predicted octanol–water partition coefficient (Wildman–Crippen LogP) is 0.753. The molecule has 2 heterocycles. The van der Waals surface area contributed by atoms with Gasteiger partial charge >= 0.3 is 0 Å². The lowest BCUT2D eigenvalue weighted by Crippen LogP contribution is -2.29. The second kappa shape index (κ2) is 5.77. The van der Waals surface area contributed by atoms with Gasteiger partial charge in [-0.15, -0.1) is 10.2 Å². The molecule has 1 saturated heterocycles. The molecule has 1 aliphatic heterocycles. The average Bonchev–Trinajstić information content (AvgIpc) is 2.66. The molecule has 0 aliphatic carbocycles. The third-order valence-electron chi connectivity index (χ3n) is 2.35. The first-order valence-corrected chi connectivity index (χ1v) is 7.29. The number of hydrogen-bond acceptors (Lipinski definition) is 5. The smallest absolute Gasteiger partial charge is 0.146 e. The monoisotopic (exact) mass is 244 g/mol. The molecular formula is C9H16N4S2. The summed E-state index contributed by atoms with van der Waals surface area (Å²) in [5.74, 6) is 4.88. The van der Waals surface area contributed by atoms with Crippen molar-refractivity contribution in [1.29, 1.82) is 0 Å². The normalized spacial score (nSPS) is 21.8. The van der Waals surface area contributed by atoms with Gasteiger partial charge in [-0.25, -0.2) is 0 Å². The van der Waals surface area contributed by atoms with Gasteiger partial charge in [0.05, 0.1) is 6.54 Å². The summed E-state index contributed by atoms with van der Waals surface area (Å²) in [5.41, 5.74) is 0. The number of rotatable bonds is 4. The predicted molar refractivity (Wildman–Crippen MR) is 66.3 cm³/mol. The molecule has 1 aromatic heterocycles. The highest BCUT2D eigenvalue weighted by Crippen LogP contribution is 2.23. The van der Waals surface area contributed by atoms with Crippen LogP contribution in [0, 0.1) is 0 Å². The SMILES string of the molecule is Cn1cnnc1CNCC1CSCCS1. The van der Waals surface area contributed by atoms with E-state index in [0.717, 1.165) is 24.2 Å².